The number of Topliss-reactive ketones (excluding diaryl/α,β-unsaturated/α-hetero) is 1. The third-order valence-electron chi connectivity index (χ3n) is 4.59. The Hall–Kier alpha value is -2.77. The number of carbonyl (C=O) groups is 2. The van der Waals surface area contributed by atoms with E-state index in [9.17, 15) is 22.8 Å². The molecule has 0 aromatic heterocycles. The van der Waals surface area contributed by atoms with E-state index in [1.807, 2.05) is 0 Å². The highest BCUT2D eigenvalue weighted by Gasteiger charge is 2.42. The van der Waals surface area contributed by atoms with Crippen molar-refractivity contribution in [2.45, 2.75) is 51.3 Å². The van der Waals surface area contributed by atoms with Crippen LogP contribution in [0.2, 0.25) is 0 Å². The lowest BCUT2D eigenvalue weighted by atomic mass is 9.77. The standard InChI is InChI=1S/C20H20F3NO4/c1-10(2)27-19(26)17-15(11-5-3-6-12(9-11)20(21,22)23)16-13(25)7-4-8-14(16)28-18(17)24/h3,5-6,9-10,15H,4,7-8,24H2,1-2H3/t15-/m1/s1. The molecule has 0 amide bonds. The van der Waals surface area contributed by atoms with E-state index in [0.717, 1.165) is 12.1 Å². The molecule has 0 saturated carbocycles. The van der Waals surface area contributed by atoms with Crippen molar-refractivity contribution in [1.29, 1.82) is 0 Å². The summed E-state index contributed by atoms with van der Waals surface area (Å²) in [5.41, 5.74) is 5.23. The van der Waals surface area contributed by atoms with Crippen molar-refractivity contribution in [2.24, 2.45) is 5.73 Å². The van der Waals surface area contributed by atoms with Crippen LogP contribution in [0.25, 0.3) is 0 Å². The number of nitrogens with two attached hydrogens (primary N) is 1. The molecule has 1 aromatic carbocycles. The number of ketones is 1. The molecule has 150 valence electrons. The number of rotatable bonds is 3. The van der Waals surface area contributed by atoms with Crippen molar-refractivity contribution >= 4 is 11.8 Å². The highest BCUT2D eigenvalue weighted by molar-refractivity contribution is 6.03. The lowest BCUT2D eigenvalue weighted by molar-refractivity contribution is -0.143. The molecule has 8 heteroatoms. The van der Waals surface area contributed by atoms with E-state index in [2.05, 4.69) is 0 Å². The lowest BCUT2D eigenvalue weighted by Gasteiger charge is -2.32. The van der Waals surface area contributed by atoms with Crippen LogP contribution in [0.3, 0.4) is 0 Å². The maximum Gasteiger partial charge on any atom is 0.416 e. The molecule has 0 saturated heterocycles. The Morgan fingerprint density at radius 3 is 2.64 bits per heavy atom. The molecule has 0 spiro atoms. The van der Waals surface area contributed by atoms with Crippen LogP contribution in [0.5, 0.6) is 0 Å². The van der Waals surface area contributed by atoms with Gasteiger partial charge in [-0.25, -0.2) is 4.79 Å². The number of ether oxygens (including phenoxy) is 2. The molecule has 2 N–H and O–H groups in total. The van der Waals surface area contributed by atoms with Crippen LogP contribution in [0.4, 0.5) is 13.2 Å². The Bertz CT molecular complexity index is 884. The van der Waals surface area contributed by atoms with Crippen LogP contribution in [0.1, 0.15) is 50.2 Å². The monoisotopic (exact) mass is 395 g/mol. The summed E-state index contributed by atoms with van der Waals surface area (Å²) in [6.07, 6.45) is -3.85. The molecule has 1 aliphatic heterocycles. The minimum Gasteiger partial charge on any atom is -0.459 e. The van der Waals surface area contributed by atoms with Crippen molar-refractivity contribution in [3.63, 3.8) is 0 Å². The van der Waals surface area contributed by atoms with Crippen molar-refractivity contribution in [1.82, 2.24) is 0 Å². The summed E-state index contributed by atoms with van der Waals surface area (Å²) < 4.78 is 50.4. The fourth-order valence-corrected chi connectivity index (χ4v) is 3.46. The van der Waals surface area contributed by atoms with Gasteiger partial charge in [0.2, 0.25) is 5.88 Å². The molecule has 28 heavy (non-hydrogen) atoms. The lowest BCUT2D eigenvalue weighted by Crippen LogP contribution is -2.32. The van der Waals surface area contributed by atoms with Gasteiger partial charge in [-0.1, -0.05) is 18.2 Å². The molecule has 1 aliphatic carbocycles. The number of hydrogen-bond acceptors (Lipinski definition) is 5. The second-order valence-corrected chi connectivity index (χ2v) is 7.00. The zero-order chi connectivity index (χ0) is 20.6. The van der Waals surface area contributed by atoms with Crippen molar-refractivity contribution < 1.29 is 32.2 Å². The van der Waals surface area contributed by atoms with Gasteiger partial charge in [0, 0.05) is 18.4 Å². The predicted molar refractivity (Wildman–Crippen MR) is 93.6 cm³/mol. The van der Waals surface area contributed by atoms with Gasteiger partial charge in [0.1, 0.15) is 11.3 Å². The Morgan fingerprint density at radius 1 is 1.29 bits per heavy atom. The highest BCUT2D eigenvalue weighted by Crippen LogP contribution is 2.45. The maximum absolute atomic E-state index is 13.2. The minimum absolute atomic E-state index is 0.138. The van der Waals surface area contributed by atoms with Gasteiger partial charge in [-0.05, 0) is 31.9 Å². The summed E-state index contributed by atoms with van der Waals surface area (Å²) in [5.74, 6) is -2.10. The molecule has 1 atom stereocenters. The zero-order valence-electron chi connectivity index (χ0n) is 15.4. The van der Waals surface area contributed by atoms with E-state index in [1.54, 1.807) is 13.8 Å². The number of hydrogen-bond donors (Lipinski definition) is 1. The van der Waals surface area contributed by atoms with Gasteiger partial charge in [0.25, 0.3) is 0 Å². The Kier molecular flexibility index (Phi) is 5.23. The Labute approximate surface area is 160 Å². The molecule has 1 aromatic rings. The summed E-state index contributed by atoms with van der Waals surface area (Å²) in [5, 5.41) is 0. The number of allylic oxidation sites excluding steroid dienone is 2. The van der Waals surface area contributed by atoms with Gasteiger partial charge in [-0.3, -0.25) is 4.79 Å². The topological polar surface area (TPSA) is 78.6 Å². The third kappa shape index (κ3) is 3.76. The normalized spacial score (nSPS) is 20.2. The fraction of sp³-hybridized carbons (Fsp3) is 0.400. The van der Waals surface area contributed by atoms with Gasteiger partial charge >= 0.3 is 12.1 Å². The third-order valence-corrected chi connectivity index (χ3v) is 4.59. The molecule has 2 aliphatic rings. The van der Waals surface area contributed by atoms with Gasteiger partial charge in [0.05, 0.1) is 17.6 Å². The summed E-state index contributed by atoms with van der Waals surface area (Å²) in [6.45, 7) is 3.27. The number of esters is 1. The van der Waals surface area contributed by atoms with E-state index in [1.165, 1.54) is 12.1 Å². The van der Waals surface area contributed by atoms with Crippen LogP contribution in [0.15, 0.2) is 47.1 Å². The SMILES string of the molecule is CC(C)OC(=O)C1=C(N)OC2=C(C(=O)CCC2)[C@H]1c1cccc(C(F)(F)F)c1. The smallest absolute Gasteiger partial charge is 0.416 e. The van der Waals surface area contributed by atoms with E-state index in [-0.39, 0.29) is 34.8 Å². The van der Waals surface area contributed by atoms with Crippen molar-refractivity contribution in [2.75, 3.05) is 0 Å². The van der Waals surface area contributed by atoms with Gasteiger partial charge < -0.3 is 15.2 Å². The summed E-state index contributed by atoms with van der Waals surface area (Å²) in [4.78, 5) is 25.3. The molecule has 0 fully saturated rings. The number of carbonyl (C=O) groups excluding carboxylic acids is 2. The van der Waals surface area contributed by atoms with E-state index < -0.39 is 29.7 Å². The van der Waals surface area contributed by atoms with Crippen LogP contribution < -0.4 is 5.73 Å². The first-order chi connectivity index (χ1) is 13.1. The largest absolute Gasteiger partial charge is 0.459 e. The first kappa shape index (κ1) is 20.0. The molecular weight excluding hydrogens is 375 g/mol. The summed E-state index contributed by atoms with van der Waals surface area (Å²) >= 11 is 0. The van der Waals surface area contributed by atoms with Crippen LogP contribution in [-0.2, 0) is 25.2 Å². The average molecular weight is 395 g/mol. The minimum atomic E-state index is -4.57. The highest BCUT2D eigenvalue weighted by atomic mass is 19.4. The second-order valence-electron chi connectivity index (χ2n) is 7.00. The van der Waals surface area contributed by atoms with Crippen LogP contribution in [0, 0.1) is 0 Å². The van der Waals surface area contributed by atoms with Crippen molar-refractivity contribution in [3.05, 3.63) is 58.2 Å². The van der Waals surface area contributed by atoms with Gasteiger partial charge in [-0.15, -0.1) is 0 Å². The van der Waals surface area contributed by atoms with Crippen LogP contribution in [-0.4, -0.2) is 17.9 Å². The number of benzene rings is 1. The zero-order valence-corrected chi connectivity index (χ0v) is 15.4. The predicted octanol–water partition coefficient (Wildman–Crippen LogP) is 3.95. The molecule has 5 nitrogen and oxygen atoms in total. The molecular formula is C20H20F3NO4. The van der Waals surface area contributed by atoms with Crippen molar-refractivity contribution in [3.8, 4) is 0 Å². The first-order valence-corrected chi connectivity index (χ1v) is 8.91. The molecule has 1 heterocycles. The maximum atomic E-state index is 13.2. The second kappa shape index (κ2) is 7.33. The fourth-order valence-electron chi connectivity index (χ4n) is 3.46. The number of halogens is 3. The molecule has 0 bridgehead atoms. The van der Waals surface area contributed by atoms with E-state index >= 15 is 0 Å². The average Bonchev–Trinajstić information content (AvgIpc) is 2.59. The Balaban J connectivity index is 2.18. The van der Waals surface area contributed by atoms with Gasteiger partial charge in [0.15, 0.2) is 5.78 Å². The number of alkyl halides is 3. The van der Waals surface area contributed by atoms with Crippen LogP contribution >= 0.6 is 0 Å². The molecule has 3 rings (SSSR count). The van der Waals surface area contributed by atoms with E-state index in [0.29, 0.717) is 18.6 Å². The summed E-state index contributed by atoms with van der Waals surface area (Å²) in [6, 6.07) is 4.54. The molecule has 0 unspecified atom stereocenters. The Morgan fingerprint density at radius 2 is 2.00 bits per heavy atom. The molecule has 0 radical (unpaired) electrons. The first-order valence-electron chi connectivity index (χ1n) is 8.91. The van der Waals surface area contributed by atoms with E-state index in [4.69, 9.17) is 15.2 Å². The van der Waals surface area contributed by atoms with Gasteiger partial charge in [-0.2, -0.15) is 13.2 Å². The summed E-state index contributed by atoms with van der Waals surface area (Å²) in [7, 11) is 0. The quantitative estimate of drug-likeness (QED) is 0.784.